The molecule has 2 atom stereocenters. The van der Waals surface area contributed by atoms with Gasteiger partial charge >= 0.3 is 6.03 Å². The summed E-state index contributed by atoms with van der Waals surface area (Å²) in [5.74, 6) is -0.324. The number of hydrogen-bond acceptors (Lipinski definition) is 7. The number of nitrogens with one attached hydrogen (secondary N) is 2. The Kier molecular flexibility index (Phi) is 6.88. The molecule has 2 aromatic rings. The molecule has 0 bridgehead atoms. The minimum Gasteiger partial charge on any atom is -0.378 e. The topological polar surface area (TPSA) is 106 Å². The van der Waals surface area contributed by atoms with Crippen LogP contribution in [0.5, 0.6) is 0 Å². The number of carbonyl (C=O) groups excluding carboxylic acids is 2. The Balaban J connectivity index is 1.43. The lowest BCUT2D eigenvalue weighted by molar-refractivity contribution is -0.118. The number of carbonyl (C=O) groups is 2. The molecule has 2 saturated heterocycles. The van der Waals surface area contributed by atoms with Crippen LogP contribution in [-0.4, -0.2) is 66.0 Å². The fourth-order valence-corrected chi connectivity index (χ4v) is 4.28. The van der Waals surface area contributed by atoms with E-state index in [0.717, 1.165) is 30.0 Å². The van der Waals surface area contributed by atoms with E-state index < -0.39 is 6.04 Å². The molecule has 30 heavy (non-hydrogen) atoms. The highest BCUT2D eigenvalue weighted by molar-refractivity contribution is 7.15. The number of rotatable bonds is 6. The maximum absolute atomic E-state index is 13.0. The standard InChI is InChI=1S/C20H25N5O4S/c26-17(22-19-24-23-18(30-19)16-7-4-10-29-16)15(13-14-5-2-1-3-6-14)21-20(27)25-8-11-28-12-9-25/h1-3,5-6,15-16H,4,7-13H2,(H,21,27)(H,22,24,26)/t15-,16?/m0/s1. The molecule has 0 aliphatic carbocycles. The van der Waals surface area contributed by atoms with Crippen LogP contribution in [0.1, 0.15) is 29.5 Å². The summed E-state index contributed by atoms with van der Waals surface area (Å²) >= 11 is 1.31. The zero-order chi connectivity index (χ0) is 20.8. The molecule has 9 nitrogen and oxygen atoms in total. The average Bonchev–Trinajstić information content (AvgIpc) is 3.46. The second-order valence-electron chi connectivity index (χ2n) is 7.23. The summed E-state index contributed by atoms with van der Waals surface area (Å²) in [5, 5.41) is 15.1. The van der Waals surface area contributed by atoms with Gasteiger partial charge in [0.2, 0.25) is 11.0 Å². The van der Waals surface area contributed by atoms with E-state index in [-0.39, 0.29) is 18.0 Å². The summed E-state index contributed by atoms with van der Waals surface area (Å²) in [7, 11) is 0. The number of urea groups is 1. The largest absolute Gasteiger partial charge is 0.378 e. The number of ether oxygens (including phenoxy) is 2. The highest BCUT2D eigenvalue weighted by Gasteiger charge is 2.27. The van der Waals surface area contributed by atoms with Gasteiger partial charge in [-0.15, -0.1) is 10.2 Å². The van der Waals surface area contributed by atoms with E-state index in [4.69, 9.17) is 9.47 Å². The fourth-order valence-electron chi connectivity index (χ4n) is 3.45. The molecule has 0 saturated carbocycles. The third-order valence-electron chi connectivity index (χ3n) is 5.07. The van der Waals surface area contributed by atoms with Crippen molar-refractivity contribution in [3.63, 3.8) is 0 Å². The molecule has 1 aromatic heterocycles. The summed E-state index contributed by atoms with van der Waals surface area (Å²) < 4.78 is 10.9. The van der Waals surface area contributed by atoms with Gasteiger partial charge in [-0.3, -0.25) is 10.1 Å². The maximum atomic E-state index is 13.0. The van der Waals surface area contributed by atoms with E-state index in [0.29, 0.717) is 37.9 Å². The van der Waals surface area contributed by atoms with Crippen molar-refractivity contribution in [2.24, 2.45) is 0 Å². The quantitative estimate of drug-likeness (QED) is 0.725. The van der Waals surface area contributed by atoms with Gasteiger partial charge in [0, 0.05) is 26.1 Å². The summed E-state index contributed by atoms with van der Waals surface area (Å²) in [6.45, 7) is 2.73. The molecule has 3 amide bonds. The zero-order valence-electron chi connectivity index (χ0n) is 16.6. The normalized spacial score (nSPS) is 20.0. The van der Waals surface area contributed by atoms with Crippen LogP contribution in [0.15, 0.2) is 30.3 Å². The number of amides is 3. The number of aromatic nitrogens is 2. The Bertz CT molecular complexity index is 850. The Morgan fingerprint density at radius 2 is 1.97 bits per heavy atom. The van der Waals surface area contributed by atoms with Crippen molar-refractivity contribution >= 4 is 28.4 Å². The zero-order valence-corrected chi connectivity index (χ0v) is 17.4. The van der Waals surface area contributed by atoms with Crippen molar-refractivity contribution in [2.45, 2.75) is 31.4 Å². The third-order valence-corrected chi connectivity index (χ3v) is 6.00. The monoisotopic (exact) mass is 431 g/mol. The second kappa shape index (κ2) is 9.96. The van der Waals surface area contributed by atoms with Crippen molar-refractivity contribution in [1.29, 1.82) is 0 Å². The first-order valence-electron chi connectivity index (χ1n) is 10.1. The SMILES string of the molecule is O=C(Nc1nnc(C2CCCO2)s1)[C@H](Cc1ccccc1)NC(=O)N1CCOCC1. The highest BCUT2D eigenvalue weighted by Crippen LogP contribution is 2.31. The van der Waals surface area contributed by atoms with Crippen molar-refractivity contribution in [2.75, 3.05) is 38.2 Å². The van der Waals surface area contributed by atoms with Gasteiger partial charge in [-0.25, -0.2) is 4.79 Å². The van der Waals surface area contributed by atoms with Gasteiger partial charge in [0.05, 0.1) is 13.2 Å². The summed E-state index contributed by atoms with van der Waals surface area (Å²) in [6, 6.07) is 8.59. The van der Waals surface area contributed by atoms with Crippen LogP contribution >= 0.6 is 11.3 Å². The van der Waals surface area contributed by atoms with Crippen LogP contribution in [0.2, 0.25) is 0 Å². The summed E-state index contributed by atoms with van der Waals surface area (Å²) in [5.41, 5.74) is 0.956. The van der Waals surface area contributed by atoms with E-state index in [9.17, 15) is 9.59 Å². The number of nitrogens with zero attached hydrogens (tertiary/aromatic N) is 3. The van der Waals surface area contributed by atoms with Gasteiger partial charge in [-0.1, -0.05) is 41.7 Å². The molecule has 0 radical (unpaired) electrons. The van der Waals surface area contributed by atoms with Crippen LogP contribution in [-0.2, 0) is 20.7 Å². The fraction of sp³-hybridized carbons (Fsp3) is 0.500. The van der Waals surface area contributed by atoms with Crippen LogP contribution in [0.4, 0.5) is 9.93 Å². The van der Waals surface area contributed by atoms with Gasteiger partial charge in [-0.05, 0) is 18.4 Å². The van der Waals surface area contributed by atoms with Gasteiger partial charge in [0.25, 0.3) is 0 Å². The van der Waals surface area contributed by atoms with Crippen LogP contribution in [0, 0.1) is 0 Å². The molecule has 10 heteroatoms. The summed E-state index contributed by atoms with van der Waals surface area (Å²) in [6.07, 6.45) is 2.24. The first-order valence-corrected chi connectivity index (χ1v) is 10.9. The van der Waals surface area contributed by atoms with E-state index in [1.165, 1.54) is 11.3 Å². The van der Waals surface area contributed by atoms with Gasteiger partial charge in [0.15, 0.2) is 0 Å². The summed E-state index contributed by atoms with van der Waals surface area (Å²) in [4.78, 5) is 27.3. The predicted octanol–water partition coefficient (Wildman–Crippen LogP) is 1.98. The molecular weight excluding hydrogens is 406 g/mol. The van der Waals surface area contributed by atoms with Gasteiger partial charge in [-0.2, -0.15) is 0 Å². The lowest BCUT2D eigenvalue weighted by Crippen LogP contribution is -2.53. The first-order chi connectivity index (χ1) is 14.7. The van der Waals surface area contributed by atoms with Crippen molar-refractivity contribution in [1.82, 2.24) is 20.4 Å². The van der Waals surface area contributed by atoms with Crippen molar-refractivity contribution < 1.29 is 19.1 Å². The van der Waals surface area contributed by atoms with Gasteiger partial charge < -0.3 is 19.7 Å². The van der Waals surface area contributed by atoms with E-state index in [2.05, 4.69) is 20.8 Å². The Hall–Kier alpha value is -2.56. The highest BCUT2D eigenvalue weighted by atomic mass is 32.1. The van der Waals surface area contributed by atoms with E-state index >= 15 is 0 Å². The Labute approximate surface area is 178 Å². The number of hydrogen-bond donors (Lipinski definition) is 2. The predicted molar refractivity (Wildman–Crippen MR) is 111 cm³/mol. The Morgan fingerprint density at radius 3 is 2.70 bits per heavy atom. The molecule has 160 valence electrons. The molecule has 4 rings (SSSR count). The van der Waals surface area contributed by atoms with Crippen LogP contribution in [0.25, 0.3) is 0 Å². The minimum atomic E-state index is -0.738. The molecule has 3 heterocycles. The molecule has 1 aromatic carbocycles. The van der Waals surface area contributed by atoms with Crippen LogP contribution in [0.3, 0.4) is 0 Å². The molecule has 2 fully saturated rings. The smallest absolute Gasteiger partial charge is 0.318 e. The maximum Gasteiger partial charge on any atom is 0.318 e. The molecular formula is C20H25N5O4S. The molecule has 2 N–H and O–H groups in total. The Morgan fingerprint density at radius 1 is 1.17 bits per heavy atom. The minimum absolute atomic E-state index is 0.0470. The van der Waals surface area contributed by atoms with Crippen LogP contribution < -0.4 is 10.6 Å². The van der Waals surface area contributed by atoms with Crippen molar-refractivity contribution in [3.05, 3.63) is 40.9 Å². The molecule has 1 unspecified atom stereocenters. The lowest BCUT2D eigenvalue weighted by Gasteiger charge is -2.29. The first kappa shape index (κ1) is 20.7. The molecule has 2 aliphatic heterocycles. The van der Waals surface area contributed by atoms with Gasteiger partial charge in [0.1, 0.15) is 17.2 Å². The number of morpholine rings is 1. The second-order valence-corrected chi connectivity index (χ2v) is 8.24. The molecule has 0 spiro atoms. The molecule has 2 aliphatic rings. The lowest BCUT2D eigenvalue weighted by atomic mass is 10.1. The van der Waals surface area contributed by atoms with Crippen molar-refractivity contribution in [3.8, 4) is 0 Å². The third kappa shape index (κ3) is 5.32. The number of anilines is 1. The number of benzene rings is 1. The van der Waals surface area contributed by atoms with E-state index in [1.807, 2.05) is 30.3 Å². The van der Waals surface area contributed by atoms with E-state index in [1.54, 1.807) is 4.90 Å². The average molecular weight is 432 g/mol.